The highest BCUT2D eigenvalue weighted by molar-refractivity contribution is 5.83. The maximum Gasteiger partial charge on any atom is 0.139 e. The lowest BCUT2D eigenvalue weighted by Gasteiger charge is -2.39. The second-order valence-electron chi connectivity index (χ2n) is 7.04. The van der Waals surface area contributed by atoms with Crippen LogP contribution in [0.15, 0.2) is 42.5 Å². The van der Waals surface area contributed by atoms with Crippen molar-refractivity contribution in [3.63, 3.8) is 0 Å². The van der Waals surface area contributed by atoms with Crippen LogP contribution in [0.5, 0.6) is 0 Å². The molecule has 0 saturated carbocycles. The van der Waals surface area contributed by atoms with Crippen molar-refractivity contribution in [3.8, 4) is 0 Å². The van der Waals surface area contributed by atoms with Gasteiger partial charge in [-0.15, -0.1) is 0 Å². The van der Waals surface area contributed by atoms with Crippen LogP contribution in [0.25, 0.3) is 0 Å². The predicted molar refractivity (Wildman–Crippen MR) is 89.3 cm³/mol. The molecule has 0 fully saturated rings. The standard InChI is InChI=1S/C19H27NO/c1-14-9-8-12-19(3,4)18(14)17(21)13-15(2)20-16-10-6-5-7-11-16/h5-11,14-15,18,20H,12-13H2,1-4H3/t14-,15+,18+/m0/s1. The molecular formula is C19H27NO. The van der Waals surface area contributed by atoms with Gasteiger partial charge in [0.05, 0.1) is 0 Å². The highest BCUT2D eigenvalue weighted by Gasteiger charge is 2.39. The largest absolute Gasteiger partial charge is 0.382 e. The Morgan fingerprint density at radius 1 is 1.33 bits per heavy atom. The van der Waals surface area contributed by atoms with E-state index in [1.807, 2.05) is 30.3 Å². The average Bonchev–Trinajstić information content (AvgIpc) is 2.38. The molecule has 21 heavy (non-hydrogen) atoms. The van der Waals surface area contributed by atoms with Gasteiger partial charge in [-0.05, 0) is 36.8 Å². The molecule has 1 aliphatic rings. The van der Waals surface area contributed by atoms with Crippen molar-refractivity contribution >= 4 is 11.5 Å². The Balaban J connectivity index is 1.99. The average molecular weight is 285 g/mol. The van der Waals surface area contributed by atoms with Crippen molar-refractivity contribution in [1.29, 1.82) is 0 Å². The summed E-state index contributed by atoms with van der Waals surface area (Å²) in [4.78, 5) is 12.8. The molecular weight excluding hydrogens is 258 g/mol. The molecule has 0 aromatic heterocycles. The summed E-state index contributed by atoms with van der Waals surface area (Å²) >= 11 is 0. The summed E-state index contributed by atoms with van der Waals surface area (Å²) in [6.07, 6.45) is 6.00. The summed E-state index contributed by atoms with van der Waals surface area (Å²) in [5.41, 5.74) is 1.14. The molecule has 0 unspecified atom stereocenters. The third kappa shape index (κ3) is 3.96. The molecule has 2 heteroatoms. The van der Waals surface area contributed by atoms with Gasteiger partial charge in [0.15, 0.2) is 0 Å². The van der Waals surface area contributed by atoms with Crippen LogP contribution < -0.4 is 5.32 Å². The number of rotatable bonds is 5. The van der Waals surface area contributed by atoms with Crippen LogP contribution in [-0.4, -0.2) is 11.8 Å². The topological polar surface area (TPSA) is 29.1 Å². The first-order chi connectivity index (χ1) is 9.90. The fraction of sp³-hybridized carbons (Fsp3) is 0.526. The van der Waals surface area contributed by atoms with Crippen LogP contribution in [-0.2, 0) is 4.79 Å². The van der Waals surface area contributed by atoms with Crippen molar-refractivity contribution in [2.24, 2.45) is 17.3 Å². The zero-order chi connectivity index (χ0) is 15.5. The molecule has 0 amide bonds. The van der Waals surface area contributed by atoms with Gasteiger partial charge >= 0.3 is 0 Å². The molecule has 0 radical (unpaired) electrons. The zero-order valence-corrected chi connectivity index (χ0v) is 13.6. The maximum atomic E-state index is 12.8. The van der Waals surface area contributed by atoms with Crippen molar-refractivity contribution < 1.29 is 4.79 Å². The molecule has 2 nitrogen and oxygen atoms in total. The van der Waals surface area contributed by atoms with E-state index in [-0.39, 0.29) is 17.4 Å². The van der Waals surface area contributed by atoms with Gasteiger partial charge < -0.3 is 5.32 Å². The summed E-state index contributed by atoms with van der Waals surface area (Å²) in [6, 6.07) is 10.3. The zero-order valence-electron chi connectivity index (χ0n) is 13.6. The minimum atomic E-state index is 0.0672. The molecule has 1 aliphatic carbocycles. The number of hydrogen-bond donors (Lipinski definition) is 1. The van der Waals surface area contributed by atoms with E-state index in [4.69, 9.17) is 0 Å². The molecule has 2 rings (SSSR count). The Hall–Kier alpha value is -1.57. The first-order valence-electron chi connectivity index (χ1n) is 7.91. The molecule has 114 valence electrons. The van der Waals surface area contributed by atoms with E-state index in [1.54, 1.807) is 0 Å². The smallest absolute Gasteiger partial charge is 0.139 e. The van der Waals surface area contributed by atoms with Gasteiger partial charge in [-0.25, -0.2) is 0 Å². The number of benzene rings is 1. The molecule has 1 aromatic carbocycles. The predicted octanol–water partition coefficient (Wildman–Crippen LogP) is 4.68. The Morgan fingerprint density at radius 3 is 2.62 bits per heavy atom. The number of carbonyl (C=O) groups is 1. The van der Waals surface area contributed by atoms with Crippen LogP contribution in [0.2, 0.25) is 0 Å². The normalized spacial score (nSPS) is 25.3. The molecule has 1 N–H and O–H groups in total. The van der Waals surface area contributed by atoms with Gasteiger partial charge in [-0.2, -0.15) is 0 Å². The van der Waals surface area contributed by atoms with E-state index in [9.17, 15) is 4.79 Å². The summed E-state index contributed by atoms with van der Waals surface area (Å²) < 4.78 is 0. The van der Waals surface area contributed by atoms with Crippen molar-refractivity contribution in [2.75, 3.05) is 5.32 Å². The molecule has 0 saturated heterocycles. The summed E-state index contributed by atoms with van der Waals surface area (Å²) in [7, 11) is 0. The van der Waals surface area contributed by atoms with E-state index in [0.717, 1.165) is 12.1 Å². The van der Waals surface area contributed by atoms with E-state index >= 15 is 0 Å². The van der Waals surface area contributed by atoms with Gasteiger partial charge in [0.2, 0.25) is 0 Å². The number of Topliss-reactive ketones (excluding diaryl/α,β-unsaturated/α-hetero) is 1. The monoisotopic (exact) mass is 285 g/mol. The number of ketones is 1. The van der Waals surface area contributed by atoms with Crippen LogP contribution in [0.4, 0.5) is 5.69 Å². The fourth-order valence-corrected chi connectivity index (χ4v) is 3.56. The third-order valence-electron chi connectivity index (χ3n) is 4.49. The van der Waals surface area contributed by atoms with Gasteiger partial charge in [-0.3, -0.25) is 4.79 Å². The Labute approximate surface area is 128 Å². The summed E-state index contributed by atoms with van der Waals surface area (Å²) in [5, 5.41) is 3.42. The third-order valence-corrected chi connectivity index (χ3v) is 4.49. The Bertz CT molecular complexity index is 504. The van der Waals surface area contributed by atoms with Crippen LogP contribution in [0.3, 0.4) is 0 Å². The molecule has 1 aromatic rings. The lowest BCUT2D eigenvalue weighted by molar-refractivity contribution is -0.128. The van der Waals surface area contributed by atoms with Crippen molar-refractivity contribution in [3.05, 3.63) is 42.5 Å². The van der Waals surface area contributed by atoms with Crippen LogP contribution in [0, 0.1) is 17.3 Å². The molecule has 0 heterocycles. The lowest BCUT2D eigenvalue weighted by atomic mass is 9.65. The highest BCUT2D eigenvalue weighted by Crippen LogP contribution is 2.41. The fourth-order valence-electron chi connectivity index (χ4n) is 3.56. The number of carbonyl (C=O) groups excluding carboxylic acids is 1. The minimum absolute atomic E-state index is 0.0672. The molecule has 0 spiro atoms. The quantitative estimate of drug-likeness (QED) is 0.796. The van der Waals surface area contributed by atoms with Gasteiger partial charge in [-0.1, -0.05) is 51.1 Å². The van der Waals surface area contributed by atoms with Crippen molar-refractivity contribution in [2.45, 2.75) is 46.6 Å². The van der Waals surface area contributed by atoms with E-state index < -0.39 is 0 Å². The van der Waals surface area contributed by atoms with Gasteiger partial charge in [0.25, 0.3) is 0 Å². The minimum Gasteiger partial charge on any atom is -0.382 e. The van der Waals surface area contributed by atoms with E-state index in [1.165, 1.54) is 0 Å². The Kier molecular flexibility index (Phi) is 4.87. The summed E-state index contributed by atoms with van der Waals surface area (Å²) in [5.74, 6) is 0.848. The van der Waals surface area contributed by atoms with Crippen LogP contribution >= 0.6 is 0 Å². The van der Waals surface area contributed by atoms with Gasteiger partial charge in [0, 0.05) is 24.1 Å². The van der Waals surface area contributed by atoms with E-state index in [0.29, 0.717) is 18.1 Å². The number of hydrogen-bond acceptors (Lipinski definition) is 2. The first kappa shape index (κ1) is 15.8. The number of anilines is 1. The molecule has 3 atom stereocenters. The Morgan fingerprint density at radius 2 is 2.00 bits per heavy atom. The lowest BCUT2D eigenvalue weighted by Crippen LogP contribution is -2.39. The molecule has 0 aliphatic heterocycles. The number of allylic oxidation sites excluding steroid dienone is 2. The SMILES string of the molecule is C[C@H](CC(=O)[C@H]1[C@@H](C)C=CCC1(C)C)Nc1ccccc1. The second kappa shape index (κ2) is 6.46. The second-order valence-corrected chi connectivity index (χ2v) is 7.04. The highest BCUT2D eigenvalue weighted by atomic mass is 16.1. The maximum absolute atomic E-state index is 12.8. The van der Waals surface area contributed by atoms with Gasteiger partial charge in [0.1, 0.15) is 5.78 Å². The number of para-hydroxylation sites is 1. The van der Waals surface area contributed by atoms with Crippen LogP contribution in [0.1, 0.15) is 40.5 Å². The summed E-state index contributed by atoms with van der Waals surface area (Å²) in [6.45, 7) is 8.67. The number of nitrogens with one attached hydrogen (secondary N) is 1. The molecule has 0 bridgehead atoms. The first-order valence-corrected chi connectivity index (χ1v) is 7.91. The van der Waals surface area contributed by atoms with Crippen molar-refractivity contribution in [1.82, 2.24) is 0 Å². The van der Waals surface area contributed by atoms with E-state index in [2.05, 4.69) is 45.2 Å².